The van der Waals surface area contributed by atoms with Gasteiger partial charge in [-0.2, -0.15) is 0 Å². The topological polar surface area (TPSA) is 104 Å². The zero-order chi connectivity index (χ0) is 17.7. The number of thiazole rings is 1. The van der Waals surface area contributed by atoms with Gasteiger partial charge in [-0.15, -0.1) is 11.3 Å². The highest BCUT2D eigenvalue weighted by Crippen LogP contribution is 2.25. The number of nitrogens with zero attached hydrogens (tertiary/aromatic N) is 4. The lowest BCUT2D eigenvalue weighted by molar-refractivity contribution is 0.316. The van der Waals surface area contributed by atoms with Gasteiger partial charge in [0.05, 0.1) is 12.3 Å². The van der Waals surface area contributed by atoms with Crippen LogP contribution in [0.1, 0.15) is 19.3 Å². The van der Waals surface area contributed by atoms with Crippen molar-refractivity contribution in [2.24, 2.45) is 16.6 Å². The first-order valence-electron chi connectivity index (χ1n) is 8.70. The normalized spacial score (nSPS) is 19.9. The molecule has 25 heavy (non-hydrogen) atoms. The lowest BCUT2D eigenvalue weighted by Crippen LogP contribution is -2.51. The van der Waals surface area contributed by atoms with Gasteiger partial charge in [0, 0.05) is 44.3 Å². The molecular formula is C15H26N6O2S2. The molecule has 1 aliphatic carbocycles. The van der Waals surface area contributed by atoms with Crippen molar-refractivity contribution in [1.82, 2.24) is 14.6 Å². The predicted molar refractivity (Wildman–Crippen MR) is 102 cm³/mol. The summed E-state index contributed by atoms with van der Waals surface area (Å²) < 4.78 is 26.6. The molecule has 10 heteroatoms. The van der Waals surface area contributed by atoms with E-state index in [0.29, 0.717) is 18.4 Å². The molecule has 0 spiro atoms. The quantitative estimate of drug-likeness (QED) is 0.516. The summed E-state index contributed by atoms with van der Waals surface area (Å²) in [5.41, 5.74) is 6.02. The number of nitrogens with one attached hydrogen (secondary N) is 1. The molecule has 0 bridgehead atoms. The Morgan fingerprint density at radius 3 is 2.72 bits per heavy atom. The minimum Gasteiger partial charge on any atom is -0.370 e. The summed E-state index contributed by atoms with van der Waals surface area (Å²) in [5, 5.41) is 3.00. The van der Waals surface area contributed by atoms with Crippen molar-refractivity contribution in [1.29, 1.82) is 0 Å². The molecule has 2 aliphatic rings. The third-order valence-corrected chi connectivity index (χ3v) is 6.90. The van der Waals surface area contributed by atoms with Crippen LogP contribution in [0.4, 0.5) is 5.13 Å². The fraction of sp³-hybridized carbons (Fsp3) is 0.733. The van der Waals surface area contributed by atoms with Crippen molar-refractivity contribution in [2.45, 2.75) is 19.3 Å². The van der Waals surface area contributed by atoms with Crippen molar-refractivity contribution in [2.75, 3.05) is 49.9 Å². The van der Waals surface area contributed by atoms with Gasteiger partial charge in [-0.1, -0.05) is 6.42 Å². The maximum atomic E-state index is 12.0. The maximum Gasteiger partial charge on any atom is 0.213 e. The van der Waals surface area contributed by atoms with Crippen LogP contribution in [0.2, 0.25) is 0 Å². The van der Waals surface area contributed by atoms with Gasteiger partial charge in [0.1, 0.15) is 0 Å². The van der Waals surface area contributed by atoms with E-state index in [4.69, 9.17) is 5.73 Å². The Balaban J connectivity index is 1.39. The van der Waals surface area contributed by atoms with Crippen LogP contribution in [0.5, 0.6) is 0 Å². The lowest BCUT2D eigenvalue weighted by Gasteiger charge is -2.35. The molecular weight excluding hydrogens is 360 g/mol. The van der Waals surface area contributed by atoms with E-state index in [1.54, 1.807) is 11.3 Å². The summed E-state index contributed by atoms with van der Waals surface area (Å²) in [7, 11) is -3.26. The van der Waals surface area contributed by atoms with Crippen molar-refractivity contribution in [3.8, 4) is 0 Å². The van der Waals surface area contributed by atoms with Crippen LogP contribution < -0.4 is 15.4 Å². The minimum absolute atomic E-state index is 0.0144. The second-order valence-electron chi connectivity index (χ2n) is 6.49. The molecule has 1 saturated heterocycles. The van der Waals surface area contributed by atoms with E-state index in [-0.39, 0.29) is 12.3 Å². The van der Waals surface area contributed by atoms with Gasteiger partial charge in [-0.25, -0.2) is 18.1 Å². The molecule has 140 valence electrons. The van der Waals surface area contributed by atoms with Gasteiger partial charge in [0.2, 0.25) is 10.0 Å². The number of piperazine rings is 1. The Morgan fingerprint density at radius 2 is 2.12 bits per heavy atom. The Bertz CT molecular complexity index is 664. The predicted octanol–water partition coefficient (Wildman–Crippen LogP) is 0.299. The summed E-state index contributed by atoms with van der Waals surface area (Å²) >= 11 is 1.63. The van der Waals surface area contributed by atoms with E-state index in [9.17, 15) is 8.42 Å². The largest absolute Gasteiger partial charge is 0.370 e. The summed E-state index contributed by atoms with van der Waals surface area (Å²) in [5.74, 6) is 0.921. The zero-order valence-electron chi connectivity index (χ0n) is 14.3. The van der Waals surface area contributed by atoms with Gasteiger partial charge < -0.3 is 15.5 Å². The van der Waals surface area contributed by atoms with Crippen LogP contribution in [0.3, 0.4) is 0 Å². The highest BCUT2D eigenvalue weighted by atomic mass is 32.2. The molecule has 2 heterocycles. The summed E-state index contributed by atoms with van der Waals surface area (Å²) in [6, 6.07) is 0. The number of anilines is 1. The fourth-order valence-corrected chi connectivity index (χ4v) is 4.56. The molecule has 3 N–H and O–H groups in total. The van der Waals surface area contributed by atoms with Crippen molar-refractivity contribution in [3.05, 3.63) is 11.6 Å². The van der Waals surface area contributed by atoms with Gasteiger partial charge in [0.15, 0.2) is 11.1 Å². The molecule has 0 amide bonds. The summed E-state index contributed by atoms with van der Waals surface area (Å²) in [6.07, 6.45) is 5.27. The van der Waals surface area contributed by atoms with E-state index >= 15 is 0 Å². The first-order chi connectivity index (χ1) is 12.0. The first-order valence-corrected chi connectivity index (χ1v) is 11.2. The molecule has 1 aromatic heterocycles. The van der Waals surface area contributed by atoms with Gasteiger partial charge in [0.25, 0.3) is 0 Å². The molecule has 1 aliphatic heterocycles. The maximum absolute atomic E-state index is 12.0. The van der Waals surface area contributed by atoms with Crippen LogP contribution in [0, 0.1) is 5.92 Å². The zero-order valence-corrected chi connectivity index (χ0v) is 15.9. The number of rotatable bonds is 7. The smallest absolute Gasteiger partial charge is 0.213 e. The molecule has 0 atom stereocenters. The molecule has 0 radical (unpaired) electrons. The average Bonchev–Trinajstić information content (AvgIpc) is 3.07. The molecule has 1 aromatic rings. The van der Waals surface area contributed by atoms with Crippen molar-refractivity contribution < 1.29 is 8.42 Å². The summed E-state index contributed by atoms with van der Waals surface area (Å²) in [6.45, 7) is 3.96. The first kappa shape index (κ1) is 18.4. The SMILES string of the molecule is NC(=NCCS(=O)(=O)NCC1CCC1)N1CCN(c2nccs2)CC1. The Hall–Kier alpha value is -1.39. The Kier molecular flexibility index (Phi) is 6.13. The summed E-state index contributed by atoms with van der Waals surface area (Å²) in [4.78, 5) is 12.8. The molecule has 2 fully saturated rings. The second kappa shape index (κ2) is 8.33. The van der Waals surface area contributed by atoms with Gasteiger partial charge >= 0.3 is 0 Å². The number of nitrogens with two attached hydrogens (primary N) is 1. The number of sulfonamides is 1. The van der Waals surface area contributed by atoms with Crippen LogP contribution in [-0.4, -0.2) is 69.3 Å². The number of hydrogen-bond donors (Lipinski definition) is 2. The molecule has 8 nitrogen and oxygen atoms in total. The number of aromatic nitrogens is 1. The number of aliphatic imine (C=N–C) groups is 1. The Morgan fingerprint density at radius 1 is 1.36 bits per heavy atom. The number of guanidine groups is 1. The van der Waals surface area contributed by atoms with Crippen molar-refractivity contribution >= 4 is 32.5 Å². The number of hydrogen-bond acceptors (Lipinski definition) is 6. The van der Waals surface area contributed by atoms with E-state index in [2.05, 4.69) is 19.6 Å². The van der Waals surface area contributed by atoms with Crippen LogP contribution in [-0.2, 0) is 10.0 Å². The van der Waals surface area contributed by atoms with Crippen LogP contribution in [0.25, 0.3) is 0 Å². The van der Waals surface area contributed by atoms with E-state index in [1.165, 1.54) is 6.42 Å². The third-order valence-electron chi connectivity index (χ3n) is 4.74. The molecule has 0 unspecified atom stereocenters. The fourth-order valence-electron chi connectivity index (χ4n) is 2.89. The monoisotopic (exact) mass is 386 g/mol. The van der Waals surface area contributed by atoms with Crippen LogP contribution >= 0.6 is 11.3 Å². The Labute approximate surface area is 153 Å². The standard InChI is InChI=1S/C15H26N6O2S2/c16-14(17-5-11-25(22,23)19-12-13-2-1-3-13)20-6-8-21(9-7-20)15-18-4-10-24-15/h4,10,13,19H,1-3,5-9,11-12H2,(H2,16,17). The average molecular weight is 387 g/mol. The van der Waals surface area contributed by atoms with Crippen molar-refractivity contribution in [3.63, 3.8) is 0 Å². The van der Waals surface area contributed by atoms with Gasteiger partial charge in [-0.05, 0) is 18.8 Å². The highest BCUT2D eigenvalue weighted by Gasteiger charge is 2.21. The highest BCUT2D eigenvalue weighted by molar-refractivity contribution is 7.89. The molecule has 1 saturated carbocycles. The molecule has 0 aromatic carbocycles. The van der Waals surface area contributed by atoms with Gasteiger partial charge in [-0.3, -0.25) is 4.99 Å². The van der Waals surface area contributed by atoms with E-state index in [0.717, 1.165) is 44.2 Å². The van der Waals surface area contributed by atoms with Crippen LogP contribution in [0.15, 0.2) is 16.6 Å². The van der Waals surface area contributed by atoms with E-state index < -0.39 is 10.0 Å². The third kappa shape index (κ3) is 5.29. The molecule has 3 rings (SSSR count). The lowest BCUT2D eigenvalue weighted by atomic mass is 9.86. The second-order valence-corrected chi connectivity index (χ2v) is 9.29. The minimum atomic E-state index is -3.26. The van der Waals surface area contributed by atoms with E-state index in [1.807, 2.05) is 16.5 Å².